The fraction of sp³-hybridized carbons (Fsp3) is 0.474. The van der Waals surface area contributed by atoms with Crippen molar-refractivity contribution in [3.8, 4) is 0 Å². The van der Waals surface area contributed by atoms with Gasteiger partial charge in [0.1, 0.15) is 0 Å². The first-order valence-electron chi connectivity index (χ1n) is 8.68. The minimum absolute atomic E-state index is 0.791. The van der Waals surface area contributed by atoms with E-state index >= 15 is 0 Å². The number of rotatable bonds is 10. The molecule has 0 aliphatic rings. The second-order valence-corrected chi connectivity index (χ2v) is 5.81. The first-order valence-corrected chi connectivity index (χ1v) is 8.68. The summed E-state index contributed by atoms with van der Waals surface area (Å²) in [6, 6.07) is 10.4. The van der Waals surface area contributed by atoms with Crippen molar-refractivity contribution in [2.75, 3.05) is 23.3 Å². The monoisotopic (exact) mass is 312 g/mol. The van der Waals surface area contributed by atoms with Gasteiger partial charge in [-0.3, -0.25) is 0 Å². The van der Waals surface area contributed by atoms with Gasteiger partial charge < -0.3 is 10.2 Å². The van der Waals surface area contributed by atoms with Crippen molar-refractivity contribution in [2.24, 2.45) is 0 Å². The number of aromatic nitrogens is 2. The second kappa shape index (κ2) is 9.82. The van der Waals surface area contributed by atoms with Crippen LogP contribution in [0.5, 0.6) is 0 Å². The largest absolute Gasteiger partial charge is 0.378 e. The van der Waals surface area contributed by atoms with E-state index in [2.05, 4.69) is 58.3 Å². The topological polar surface area (TPSA) is 41.1 Å². The molecular formula is C19H28N4. The highest BCUT2D eigenvalue weighted by atomic mass is 15.2. The molecule has 0 fully saturated rings. The van der Waals surface area contributed by atoms with Gasteiger partial charge in [-0.2, -0.15) is 0 Å². The number of anilines is 2. The molecule has 2 aromatic rings. The molecule has 2 rings (SSSR count). The van der Waals surface area contributed by atoms with Crippen molar-refractivity contribution in [1.29, 1.82) is 0 Å². The Morgan fingerprint density at radius 1 is 0.913 bits per heavy atom. The number of hydrogen-bond donors (Lipinski definition) is 1. The Morgan fingerprint density at radius 2 is 1.52 bits per heavy atom. The molecule has 4 nitrogen and oxygen atoms in total. The Kier molecular flexibility index (Phi) is 7.37. The van der Waals surface area contributed by atoms with Crippen LogP contribution in [0.3, 0.4) is 0 Å². The Labute approximate surface area is 140 Å². The highest BCUT2D eigenvalue weighted by Gasteiger charge is 2.08. The second-order valence-electron chi connectivity index (χ2n) is 5.81. The van der Waals surface area contributed by atoms with Crippen molar-refractivity contribution in [1.82, 2.24) is 9.97 Å². The van der Waals surface area contributed by atoms with Crippen LogP contribution in [0.4, 0.5) is 11.6 Å². The summed E-state index contributed by atoms with van der Waals surface area (Å²) in [6.07, 6.45) is 8.52. The van der Waals surface area contributed by atoms with Gasteiger partial charge in [-0.05, 0) is 18.4 Å². The first-order chi connectivity index (χ1) is 11.3. The lowest BCUT2D eigenvalue weighted by molar-refractivity contribution is 0.663. The van der Waals surface area contributed by atoms with E-state index < -0.39 is 0 Å². The average Bonchev–Trinajstić information content (AvgIpc) is 2.62. The van der Waals surface area contributed by atoms with Crippen LogP contribution >= 0.6 is 0 Å². The Balaban J connectivity index is 1.93. The lowest BCUT2D eigenvalue weighted by atomic mass is 10.2. The third kappa shape index (κ3) is 5.89. The van der Waals surface area contributed by atoms with Crippen molar-refractivity contribution in [3.63, 3.8) is 0 Å². The maximum atomic E-state index is 4.55. The summed E-state index contributed by atoms with van der Waals surface area (Å²) in [5.41, 5.74) is 2.22. The fourth-order valence-electron chi connectivity index (χ4n) is 2.39. The Hall–Kier alpha value is -2.10. The molecule has 0 aliphatic carbocycles. The van der Waals surface area contributed by atoms with E-state index in [1.165, 1.54) is 31.2 Å². The lowest BCUT2D eigenvalue weighted by Gasteiger charge is -2.22. The molecule has 1 heterocycles. The molecule has 0 saturated carbocycles. The SMILES string of the molecule is CCCCN(CCCC)c1ncc(NCc2ccccc2)cn1. The van der Waals surface area contributed by atoms with Crippen molar-refractivity contribution in [2.45, 2.75) is 46.1 Å². The van der Waals surface area contributed by atoms with Gasteiger partial charge in [0, 0.05) is 19.6 Å². The van der Waals surface area contributed by atoms with Crippen molar-refractivity contribution < 1.29 is 0 Å². The smallest absolute Gasteiger partial charge is 0.225 e. The summed E-state index contributed by atoms with van der Waals surface area (Å²) < 4.78 is 0. The van der Waals surface area contributed by atoms with Gasteiger partial charge in [-0.25, -0.2) is 9.97 Å². The molecule has 0 aliphatic heterocycles. The molecule has 0 atom stereocenters. The predicted molar refractivity (Wildman–Crippen MR) is 97.8 cm³/mol. The highest BCUT2D eigenvalue weighted by molar-refractivity contribution is 5.42. The third-order valence-electron chi connectivity index (χ3n) is 3.82. The van der Waals surface area contributed by atoms with Crippen LogP contribution in [0.25, 0.3) is 0 Å². The number of nitrogens with zero attached hydrogens (tertiary/aromatic N) is 3. The molecule has 0 radical (unpaired) electrons. The van der Waals surface area contributed by atoms with Crippen LogP contribution in [0.1, 0.15) is 45.1 Å². The van der Waals surface area contributed by atoms with E-state index in [-0.39, 0.29) is 0 Å². The minimum atomic E-state index is 0.791. The third-order valence-corrected chi connectivity index (χ3v) is 3.82. The zero-order chi connectivity index (χ0) is 16.3. The Bertz CT molecular complexity index is 531. The minimum Gasteiger partial charge on any atom is -0.378 e. The molecule has 124 valence electrons. The molecule has 4 heteroatoms. The lowest BCUT2D eigenvalue weighted by Crippen LogP contribution is -2.27. The van der Waals surface area contributed by atoms with Crippen molar-refractivity contribution in [3.05, 3.63) is 48.3 Å². The van der Waals surface area contributed by atoms with Gasteiger partial charge in [0.15, 0.2) is 0 Å². The zero-order valence-electron chi connectivity index (χ0n) is 14.3. The number of unbranched alkanes of at least 4 members (excludes halogenated alkanes) is 2. The molecule has 0 spiro atoms. The molecule has 1 aromatic carbocycles. The van der Waals surface area contributed by atoms with Crippen molar-refractivity contribution >= 4 is 11.6 Å². The van der Waals surface area contributed by atoms with Crippen LogP contribution in [0.2, 0.25) is 0 Å². The summed E-state index contributed by atoms with van der Waals surface area (Å²) in [4.78, 5) is 11.4. The zero-order valence-corrected chi connectivity index (χ0v) is 14.3. The van der Waals surface area contributed by atoms with Crippen LogP contribution in [0, 0.1) is 0 Å². The molecule has 23 heavy (non-hydrogen) atoms. The van der Waals surface area contributed by atoms with Crippen LogP contribution in [0.15, 0.2) is 42.7 Å². The standard InChI is InChI=1S/C19H28N4/c1-3-5-12-23(13-6-4-2)19-21-15-18(16-22-19)20-14-17-10-8-7-9-11-17/h7-11,15-16,20H,3-6,12-14H2,1-2H3. The number of nitrogens with one attached hydrogen (secondary N) is 1. The summed E-state index contributed by atoms with van der Waals surface area (Å²) in [6.45, 7) is 7.30. The quantitative estimate of drug-likeness (QED) is 0.701. The van der Waals surface area contributed by atoms with E-state index in [9.17, 15) is 0 Å². The van der Waals surface area contributed by atoms with Crippen LogP contribution < -0.4 is 10.2 Å². The normalized spacial score (nSPS) is 10.5. The molecule has 1 N–H and O–H groups in total. The van der Waals surface area contributed by atoms with Crippen LogP contribution in [-0.4, -0.2) is 23.1 Å². The van der Waals surface area contributed by atoms with E-state index in [0.717, 1.165) is 31.3 Å². The van der Waals surface area contributed by atoms with E-state index in [1.54, 1.807) is 0 Å². The molecule has 0 saturated heterocycles. The molecule has 0 amide bonds. The van der Waals surface area contributed by atoms with Gasteiger partial charge in [0.05, 0.1) is 18.1 Å². The van der Waals surface area contributed by atoms with Gasteiger partial charge in [0.2, 0.25) is 5.95 Å². The number of hydrogen-bond acceptors (Lipinski definition) is 4. The van der Waals surface area contributed by atoms with Gasteiger partial charge in [0.25, 0.3) is 0 Å². The summed E-state index contributed by atoms with van der Waals surface area (Å²) in [5, 5.41) is 3.37. The van der Waals surface area contributed by atoms with E-state index in [0.29, 0.717) is 0 Å². The fourth-order valence-corrected chi connectivity index (χ4v) is 2.39. The number of benzene rings is 1. The van der Waals surface area contributed by atoms with Gasteiger partial charge >= 0.3 is 0 Å². The maximum absolute atomic E-state index is 4.55. The maximum Gasteiger partial charge on any atom is 0.225 e. The molecule has 1 aromatic heterocycles. The van der Waals surface area contributed by atoms with E-state index in [1.807, 2.05) is 18.5 Å². The highest BCUT2D eigenvalue weighted by Crippen LogP contribution is 2.13. The van der Waals surface area contributed by atoms with Gasteiger partial charge in [-0.15, -0.1) is 0 Å². The summed E-state index contributed by atoms with van der Waals surface area (Å²) >= 11 is 0. The predicted octanol–water partition coefficient (Wildman–Crippen LogP) is 4.50. The summed E-state index contributed by atoms with van der Waals surface area (Å²) in [7, 11) is 0. The van der Waals surface area contributed by atoms with Gasteiger partial charge in [-0.1, -0.05) is 57.0 Å². The van der Waals surface area contributed by atoms with E-state index in [4.69, 9.17) is 0 Å². The molecular weight excluding hydrogens is 284 g/mol. The van der Waals surface area contributed by atoms with Crippen LogP contribution in [-0.2, 0) is 6.54 Å². The molecule has 0 unspecified atom stereocenters. The average molecular weight is 312 g/mol. The summed E-state index contributed by atoms with van der Waals surface area (Å²) in [5.74, 6) is 0.845. The first kappa shape index (κ1) is 17.3. The Morgan fingerprint density at radius 3 is 2.09 bits per heavy atom. The molecule has 0 bridgehead atoms.